The van der Waals surface area contributed by atoms with Gasteiger partial charge in [0, 0.05) is 6.54 Å². The fourth-order valence-corrected chi connectivity index (χ4v) is 5.40. The van der Waals surface area contributed by atoms with Crippen molar-refractivity contribution in [2.24, 2.45) is 5.92 Å². The molecule has 0 saturated carbocycles. The molecular weight excluding hydrogens is 599 g/mol. The third kappa shape index (κ3) is 7.88. The van der Waals surface area contributed by atoms with Gasteiger partial charge in [0.15, 0.2) is 0 Å². The standard InChI is InChI=1S/C33H43F5N2O5/c1-7-10-22-18-25(32(43,28(34)35)33(36,37)38)19-23(17-20(2)3)27(22)44-16-9-8-15-40-29(41)31(6,39-30(40)42)24-11-13-26(14-12-24)45-21(4)5/h11-14,18-21,28,43H,7-10,15-17H2,1-6H3,(H,39,42). The molecule has 1 aliphatic rings. The average molecular weight is 643 g/mol. The van der Waals surface area contributed by atoms with Gasteiger partial charge in [-0.05, 0) is 98.9 Å². The molecule has 0 bridgehead atoms. The van der Waals surface area contributed by atoms with E-state index in [9.17, 15) is 36.6 Å². The van der Waals surface area contributed by atoms with Gasteiger partial charge < -0.3 is 19.9 Å². The first-order valence-corrected chi connectivity index (χ1v) is 15.2. The Morgan fingerprint density at radius 2 is 1.62 bits per heavy atom. The molecule has 3 rings (SSSR count). The number of nitrogens with zero attached hydrogens (tertiary/aromatic N) is 1. The summed E-state index contributed by atoms with van der Waals surface area (Å²) >= 11 is 0. The molecule has 2 aromatic carbocycles. The second kappa shape index (κ2) is 14.3. The number of carbonyl (C=O) groups excluding carboxylic acids is 2. The SMILES string of the molecule is CCCc1cc(C(O)(C(F)F)C(F)(F)F)cc(CC(C)C)c1OCCCCN1C(=O)NC(C)(c2ccc(OC(C)C)cc2)C1=O. The maximum atomic E-state index is 13.7. The molecule has 1 saturated heterocycles. The predicted molar refractivity (Wildman–Crippen MR) is 159 cm³/mol. The van der Waals surface area contributed by atoms with Gasteiger partial charge in [-0.15, -0.1) is 0 Å². The van der Waals surface area contributed by atoms with E-state index in [2.05, 4.69) is 5.32 Å². The number of benzene rings is 2. The number of alkyl halides is 5. The Labute approximate surface area is 261 Å². The van der Waals surface area contributed by atoms with Crippen LogP contribution in [0.3, 0.4) is 0 Å². The molecule has 0 aliphatic carbocycles. The van der Waals surface area contributed by atoms with Crippen LogP contribution in [0.2, 0.25) is 0 Å². The second-order valence-corrected chi connectivity index (χ2v) is 12.3. The van der Waals surface area contributed by atoms with Gasteiger partial charge >= 0.3 is 12.2 Å². The first-order chi connectivity index (χ1) is 20.9. The monoisotopic (exact) mass is 642 g/mol. The molecule has 3 amide bonds. The Hall–Kier alpha value is -3.41. The van der Waals surface area contributed by atoms with E-state index in [0.29, 0.717) is 47.5 Å². The molecule has 0 radical (unpaired) electrons. The quantitative estimate of drug-likeness (QED) is 0.121. The van der Waals surface area contributed by atoms with Crippen LogP contribution in [-0.2, 0) is 28.8 Å². The van der Waals surface area contributed by atoms with Crippen LogP contribution in [0.1, 0.15) is 83.1 Å². The van der Waals surface area contributed by atoms with Gasteiger partial charge in [0.05, 0.1) is 12.7 Å². The molecule has 250 valence electrons. The van der Waals surface area contributed by atoms with Crippen molar-refractivity contribution in [2.75, 3.05) is 13.2 Å². The number of urea groups is 1. The fourth-order valence-electron chi connectivity index (χ4n) is 5.40. The van der Waals surface area contributed by atoms with Crippen molar-refractivity contribution < 1.29 is 46.1 Å². The molecule has 2 N–H and O–H groups in total. The van der Waals surface area contributed by atoms with E-state index in [0.717, 1.165) is 17.0 Å². The lowest BCUT2D eigenvalue weighted by atomic mass is 9.87. The normalized spacial score (nSPS) is 18.6. The van der Waals surface area contributed by atoms with Crippen molar-refractivity contribution in [3.8, 4) is 11.5 Å². The average Bonchev–Trinajstić information content (AvgIpc) is 3.15. The Bertz CT molecular complexity index is 1330. The summed E-state index contributed by atoms with van der Waals surface area (Å²) in [5, 5.41) is 13.0. The zero-order valence-electron chi connectivity index (χ0n) is 26.6. The van der Waals surface area contributed by atoms with E-state index in [-0.39, 0.29) is 38.0 Å². The molecule has 1 heterocycles. The van der Waals surface area contributed by atoms with E-state index in [1.54, 1.807) is 38.1 Å². The van der Waals surface area contributed by atoms with Crippen LogP contribution >= 0.6 is 0 Å². The number of aryl methyl sites for hydroxylation is 1. The number of aliphatic hydroxyl groups is 1. The van der Waals surface area contributed by atoms with E-state index < -0.39 is 41.2 Å². The lowest BCUT2D eigenvalue weighted by molar-refractivity contribution is -0.305. The van der Waals surface area contributed by atoms with Crippen molar-refractivity contribution in [3.63, 3.8) is 0 Å². The molecule has 2 atom stereocenters. The van der Waals surface area contributed by atoms with Crippen LogP contribution in [0, 0.1) is 5.92 Å². The summed E-state index contributed by atoms with van der Waals surface area (Å²) in [7, 11) is 0. The van der Waals surface area contributed by atoms with Crippen molar-refractivity contribution in [1.82, 2.24) is 10.2 Å². The smallest absolute Gasteiger partial charge is 0.427 e. The number of amides is 3. The van der Waals surface area contributed by atoms with Gasteiger partial charge in [-0.2, -0.15) is 13.2 Å². The molecule has 2 aromatic rings. The number of hydrogen-bond donors (Lipinski definition) is 2. The topological polar surface area (TPSA) is 88.1 Å². The van der Waals surface area contributed by atoms with E-state index in [4.69, 9.17) is 9.47 Å². The van der Waals surface area contributed by atoms with Crippen LogP contribution < -0.4 is 14.8 Å². The van der Waals surface area contributed by atoms with Crippen molar-refractivity contribution in [1.29, 1.82) is 0 Å². The lowest BCUT2D eigenvalue weighted by Gasteiger charge is -2.31. The van der Waals surface area contributed by atoms with Crippen LogP contribution in [0.4, 0.5) is 26.7 Å². The minimum atomic E-state index is -5.59. The number of rotatable bonds is 15. The highest BCUT2D eigenvalue weighted by atomic mass is 19.4. The zero-order valence-corrected chi connectivity index (χ0v) is 26.6. The third-order valence-corrected chi connectivity index (χ3v) is 7.68. The Balaban J connectivity index is 1.73. The number of halogens is 5. The maximum absolute atomic E-state index is 13.7. The second-order valence-electron chi connectivity index (χ2n) is 12.3. The van der Waals surface area contributed by atoms with Crippen molar-refractivity contribution in [3.05, 3.63) is 58.7 Å². The number of ether oxygens (including phenoxy) is 2. The van der Waals surface area contributed by atoms with Crippen LogP contribution in [0.15, 0.2) is 36.4 Å². The molecule has 12 heteroatoms. The van der Waals surface area contributed by atoms with Crippen LogP contribution in [0.5, 0.6) is 11.5 Å². The zero-order chi connectivity index (χ0) is 33.7. The summed E-state index contributed by atoms with van der Waals surface area (Å²) in [4.78, 5) is 27.2. The van der Waals surface area contributed by atoms with Gasteiger partial charge in [-0.25, -0.2) is 13.6 Å². The van der Waals surface area contributed by atoms with Gasteiger partial charge in [0.1, 0.15) is 17.0 Å². The Morgan fingerprint density at radius 3 is 2.16 bits per heavy atom. The third-order valence-electron chi connectivity index (χ3n) is 7.68. The van der Waals surface area contributed by atoms with Gasteiger partial charge in [-0.3, -0.25) is 9.69 Å². The van der Waals surface area contributed by atoms with Crippen LogP contribution in [0.25, 0.3) is 0 Å². The number of carbonyl (C=O) groups is 2. The molecule has 45 heavy (non-hydrogen) atoms. The minimum Gasteiger partial charge on any atom is -0.493 e. The molecule has 7 nitrogen and oxygen atoms in total. The van der Waals surface area contributed by atoms with Crippen molar-refractivity contribution in [2.45, 2.75) is 103 Å². The molecule has 2 unspecified atom stereocenters. The lowest BCUT2D eigenvalue weighted by Crippen LogP contribution is -2.48. The number of unbranched alkanes of at least 4 members (excludes halogenated alkanes) is 1. The largest absolute Gasteiger partial charge is 0.493 e. The molecule has 0 aromatic heterocycles. The summed E-state index contributed by atoms with van der Waals surface area (Å²) in [6.07, 6.45) is -7.93. The minimum absolute atomic E-state index is 0.0157. The van der Waals surface area contributed by atoms with Crippen LogP contribution in [-0.4, -0.2) is 53.8 Å². The summed E-state index contributed by atoms with van der Waals surface area (Å²) in [5.74, 6) is 0.502. The van der Waals surface area contributed by atoms with Gasteiger partial charge in [0.2, 0.25) is 5.60 Å². The van der Waals surface area contributed by atoms with E-state index in [1.807, 2.05) is 27.7 Å². The van der Waals surface area contributed by atoms with Gasteiger partial charge in [-0.1, -0.05) is 39.3 Å². The number of imide groups is 1. The first-order valence-electron chi connectivity index (χ1n) is 15.2. The number of nitrogens with one attached hydrogen (secondary N) is 1. The molecule has 1 aliphatic heterocycles. The summed E-state index contributed by atoms with van der Waals surface area (Å²) in [6, 6.07) is 8.34. The maximum Gasteiger partial charge on any atom is 0.427 e. The number of hydrogen-bond acceptors (Lipinski definition) is 5. The Morgan fingerprint density at radius 1 is 1.00 bits per heavy atom. The summed E-state index contributed by atoms with van der Waals surface area (Å²) in [5.41, 5.74) is -5.28. The highest BCUT2D eigenvalue weighted by Crippen LogP contribution is 2.45. The molecule has 1 fully saturated rings. The predicted octanol–water partition coefficient (Wildman–Crippen LogP) is 7.27. The summed E-state index contributed by atoms with van der Waals surface area (Å²) in [6.45, 7) is 11.1. The van der Waals surface area contributed by atoms with E-state index in [1.165, 1.54) is 0 Å². The molecular formula is C33H43F5N2O5. The van der Waals surface area contributed by atoms with Gasteiger partial charge in [0.25, 0.3) is 12.3 Å². The van der Waals surface area contributed by atoms with E-state index >= 15 is 0 Å². The highest BCUT2D eigenvalue weighted by Gasteiger charge is 2.62. The highest BCUT2D eigenvalue weighted by molar-refractivity contribution is 6.07. The van der Waals surface area contributed by atoms with Crippen molar-refractivity contribution >= 4 is 11.9 Å². The summed E-state index contributed by atoms with van der Waals surface area (Å²) < 4.78 is 80.2. The Kier molecular flexibility index (Phi) is 11.5. The fraction of sp³-hybridized carbons (Fsp3) is 0.576. The first kappa shape index (κ1) is 36.1. The molecule has 0 spiro atoms.